The summed E-state index contributed by atoms with van der Waals surface area (Å²) in [5, 5.41) is 3.45. The van der Waals surface area contributed by atoms with Crippen molar-refractivity contribution < 1.29 is 41.0 Å². The quantitative estimate of drug-likeness (QED) is 0.423. The molecule has 11 heteroatoms. The number of hydrogen-bond acceptors (Lipinski definition) is 4. The van der Waals surface area contributed by atoms with E-state index in [9.17, 15) is 31.5 Å². The lowest BCUT2D eigenvalue weighted by molar-refractivity contribution is -0.259. The molecule has 1 atom stereocenters. The third kappa shape index (κ3) is 5.33. The highest BCUT2D eigenvalue weighted by Gasteiger charge is 2.66. The number of amides is 2. The number of ether oxygens (including phenoxy) is 2. The lowest BCUT2D eigenvalue weighted by Crippen LogP contribution is -2.69. The second kappa shape index (κ2) is 8.76. The molecule has 2 amide bonds. The number of anilines is 1. The van der Waals surface area contributed by atoms with Crippen molar-refractivity contribution >= 4 is 17.7 Å². The maximum Gasteiger partial charge on any atom is 0.460 e. The SMILES string of the molecule is CCOC(=O)[C@@](NC(=O)Nc1ccc(F)cc1)(Oc1ccc(F)cc1)C(F)(F)F. The molecule has 0 radical (unpaired) electrons. The van der Waals surface area contributed by atoms with Gasteiger partial charge in [-0.3, -0.25) is 5.32 Å². The predicted molar refractivity (Wildman–Crippen MR) is 91.0 cm³/mol. The van der Waals surface area contributed by atoms with Gasteiger partial charge in [-0.25, -0.2) is 18.4 Å². The van der Waals surface area contributed by atoms with Gasteiger partial charge in [-0.1, -0.05) is 0 Å². The second-order valence-electron chi connectivity index (χ2n) is 5.54. The van der Waals surface area contributed by atoms with Gasteiger partial charge in [0.15, 0.2) is 0 Å². The Hall–Kier alpha value is -3.37. The average Bonchev–Trinajstić information content (AvgIpc) is 2.64. The molecular formula is C18H15F5N2O4. The molecular weight excluding hydrogens is 403 g/mol. The number of carbonyl (C=O) groups is 2. The van der Waals surface area contributed by atoms with Crippen LogP contribution >= 0.6 is 0 Å². The highest BCUT2D eigenvalue weighted by molar-refractivity contribution is 5.94. The van der Waals surface area contributed by atoms with Crippen LogP contribution in [0.25, 0.3) is 0 Å². The summed E-state index contributed by atoms with van der Waals surface area (Å²) in [5.74, 6) is -3.88. The van der Waals surface area contributed by atoms with Gasteiger partial charge >= 0.3 is 23.9 Å². The van der Waals surface area contributed by atoms with Crippen LogP contribution in [0.3, 0.4) is 0 Å². The molecule has 6 nitrogen and oxygen atoms in total. The molecule has 2 aromatic rings. The molecule has 0 heterocycles. The van der Waals surface area contributed by atoms with E-state index in [0.717, 1.165) is 48.5 Å². The van der Waals surface area contributed by atoms with Gasteiger partial charge in [-0.15, -0.1) is 0 Å². The summed E-state index contributed by atoms with van der Waals surface area (Å²) >= 11 is 0. The maximum atomic E-state index is 13.9. The van der Waals surface area contributed by atoms with Crippen LogP contribution in [0.1, 0.15) is 6.92 Å². The van der Waals surface area contributed by atoms with E-state index in [2.05, 4.69) is 4.74 Å². The van der Waals surface area contributed by atoms with Gasteiger partial charge < -0.3 is 14.8 Å². The van der Waals surface area contributed by atoms with Crippen LogP contribution in [0.4, 0.5) is 32.4 Å². The number of urea groups is 1. The molecule has 2 aromatic carbocycles. The first-order chi connectivity index (χ1) is 13.6. The van der Waals surface area contributed by atoms with Gasteiger partial charge in [-0.05, 0) is 55.5 Å². The number of halogens is 5. The summed E-state index contributed by atoms with van der Waals surface area (Å²) in [6.07, 6.45) is -5.46. The summed E-state index contributed by atoms with van der Waals surface area (Å²) in [5.41, 5.74) is -3.98. The fourth-order valence-electron chi connectivity index (χ4n) is 2.13. The standard InChI is InChI=1S/C18H15F5N2O4/c1-2-28-15(26)17(18(21,22)23,29-14-9-5-12(20)6-10-14)25-16(27)24-13-7-3-11(19)4-8-13/h3-10H,2H2,1H3,(H2,24,25,27)/t17-/m1/s1. The number of carbonyl (C=O) groups excluding carboxylic acids is 2. The molecule has 2 N–H and O–H groups in total. The Labute approximate surface area is 161 Å². The molecule has 156 valence electrons. The zero-order valence-electron chi connectivity index (χ0n) is 14.8. The van der Waals surface area contributed by atoms with Crippen molar-refractivity contribution in [1.29, 1.82) is 0 Å². The molecule has 0 spiro atoms. The van der Waals surface area contributed by atoms with Gasteiger partial charge in [-0.2, -0.15) is 13.2 Å². The molecule has 2 rings (SSSR count). The van der Waals surface area contributed by atoms with Gasteiger partial charge in [0, 0.05) is 5.69 Å². The third-order valence-corrected chi connectivity index (χ3v) is 3.44. The van der Waals surface area contributed by atoms with E-state index in [1.165, 1.54) is 12.2 Å². The highest BCUT2D eigenvalue weighted by Crippen LogP contribution is 2.34. The van der Waals surface area contributed by atoms with Crippen LogP contribution in [0, 0.1) is 11.6 Å². The van der Waals surface area contributed by atoms with Crippen molar-refractivity contribution in [1.82, 2.24) is 5.32 Å². The van der Waals surface area contributed by atoms with E-state index in [4.69, 9.17) is 4.74 Å². The van der Waals surface area contributed by atoms with E-state index < -0.39 is 47.9 Å². The highest BCUT2D eigenvalue weighted by atomic mass is 19.4. The normalized spacial score (nSPS) is 13.2. The van der Waals surface area contributed by atoms with Crippen molar-refractivity contribution in [3.8, 4) is 5.75 Å². The smallest absolute Gasteiger partial charge is 0.460 e. The summed E-state index contributed by atoms with van der Waals surface area (Å²) in [7, 11) is 0. The lowest BCUT2D eigenvalue weighted by atomic mass is 10.2. The topological polar surface area (TPSA) is 76.7 Å². The Morgan fingerprint density at radius 3 is 1.93 bits per heavy atom. The van der Waals surface area contributed by atoms with Gasteiger partial charge in [0.2, 0.25) is 0 Å². The Morgan fingerprint density at radius 2 is 1.45 bits per heavy atom. The Balaban J connectivity index is 2.37. The largest absolute Gasteiger partial charge is 0.461 e. The summed E-state index contributed by atoms with van der Waals surface area (Å²) in [6.45, 7) is 0.820. The first kappa shape index (κ1) is 21.9. The number of esters is 1. The number of hydrogen-bond donors (Lipinski definition) is 2. The van der Waals surface area contributed by atoms with Crippen molar-refractivity contribution in [3.63, 3.8) is 0 Å². The molecule has 0 saturated heterocycles. The predicted octanol–water partition coefficient (Wildman–Crippen LogP) is 3.99. The number of nitrogens with one attached hydrogen (secondary N) is 2. The fourth-order valence-corrected chi connectivity index (χ4v) is 2.13. The van der Waals surface area contributed by atoms with Crippen molar-refractivity contribution in [3.05, 3.63) is 60.2 Å². The van der Waals surface area contributed by atoms with Gasteiger partial charge in [0.05, 0.1) is 6.61 Å². The van der Waals surface area contributed by atoms with E-state index in [1.807, 2.05) is 5.32 Å². The molecule has 29 heavy (non-hydrogen) atoms. The molecule has 0 aromatic heterocycles. The number of benzene rings is 2. The van der Waals surface area contributed by atoms with Crippen LogP contribution in [-0.2, 0) is 9.53 Å². The Kier molecular flexibility index (Phi) is 6.62. The molecule has 0 bridgehead atoms. The molecule has 0 unspecified atom stereocenters. The van der Waals surface area contributed by atoms with E-state index in [0.29, 0.717) is 0 Å². The Bertz CT molecular complexity index is 856. The number of alkyl halides is 3. The second-order valence-corrected chi connectivity index (χ2v) is 5.54. The van der Waals surface area contributed by atoms with E-state index >= 15 is 0 Å². The van der Waals surface area contributed by atoms with Crippen molar-refractivity contribution in [2.45, 2.75) is 18.8 Å². The summed E-state index contributed by atoms with van der Waals surface area (Å²) < 4.78 is 76.8. The van der Waals surface area contributed by atoms with Crippen LogP contribution < -0.4 is 15.4 Å². The first-order valence-electron chi connectivity index (χ1n) is 8.10. The van der Waals surface area contributed by atoms with Crippen LogP contribution in [0.15, 0.2) is 48.5 Å². The minimum atomic E-state index is -5.46. The summed E-state index contributed by atoms with van der Waals surface area (Å²) in [6, 6.07) is 5.93. The first-order valence-corrected chi connectivity index (χ1v) is 8.10. The molecule has 0 aliphatic carbocycles. The van der Waals surface area contributed by atoms with Crippen LogP contribution in [0.2, 0.25) is 0 Å². The van der Waals surface area contributed by atoms with E-state index in [1.54, 1.807) is 0 Å². The summed E-state index contributed by atoms with van der Waals surface area (Å²) in [4.78, 5) is 24.3. The molecule has 0 aliphatic heterocycles. The minimum absolute atomic E-state index is 0.0504. The number of rotatable bonds is 6. The lowest BCUT2D eigenvalue weighted by Gasteiger charge is -2.33. The van der Waals surface area contributed by atoms with Gasteiger partial charge in [0.25, 0.3) is 0 Å². The molecule has 0 fully saturated rings. The van der Waals surface area contributed by atoms with Crippen molar-refractivity contribution in [2.75, 3.05) is 11.9 Å². The minimum Gasteiger partial charge on any atom is -0.461 e. The monoisotopic (exact) mass is 418 g/mol. The molecule has 0 aliphatic rings. The Morgan fingerprint density at radius 1 is 0.931 bits per heavy atom. The third-order valence-electron chi connectivity index (χ3n) is 3.44. The average molecular weight is 418 g/mol. The zero-order chi connectivity index (χ0) is 21.7. The maximum absolute atomic E-state index is 13.9. The van der Waals surface area contributed by atoms with Gasteiger partial charge in [0.1, 0.15) is 17.4 Å². The van der Waals surface area contributed by atoms with Crippen LogP contribution in [-0.4, -0.2) is 30.5 Å². The molecule has 0 saturated carbocycles. The van der Waals surface area contributed by atoms with E-state index in [-0.39, 0.29) is 5.69 Å². The fraction of sp³-hybridized carbons (Fsp3) is 0.222. The van der Waals surface area contributed by atoms with Crippen molar-refractivity contribution in [2.24, 2.45) is 0 Å². The van der Waals surface area contributed by atoms with Crippen LogP contribution in [0.5, 0.6) is 5.75 Å². The zero-order valence-corrected chi connectivity index (χ0v) is 14.8.